The van der Waals surface area contributed by atoms with Gasteiger partial charge < -0.3 is 30.9 Å². The van der Waals surface area contributed by atoms with E-state index in [1.807, 2.05) is 0 Å². The summed E-state index contributed by atoms with van der Waals surface area (Å²) < 4.78 is 9.53. The van der Waals surface area contributed by atoms with E-state index in [2.05, 4.69) is 30.3 Å². The van der Waals surface area contributed by atoms with Crippen molar-refractivity contribution in [1.82, 2.24) is 20.3 Å². The second-order valence-corrected chi connectivity index (χ2v) is 5.64. The highest BCUT2D eigenvalue weighted by atomic mass is 16.5. The quantitative estimate of drug-likeness (QED) is 0.414. The minimum absolute atomic E-state index is 0.00619. The topological polar surface area (TPSA) is 162 Å². The normalized spacial score (nSPS) is 11.4. The molecule has 0 fully saturated rings. The zero-order valence-corrected chi connectivity index (χ0v) is 15.5. The molecule has 1 atom stereocenters. The Kier molecular flexibility index (Phi) is 7.45. The molecule has 1 heterocycles. The number of aromatic nitrogens is 3. The van der Waals surface area contributed by atoms with Crippen LogP contribution in [0.25, 0.3) is 0 Å². The van der Waals surface area contributed by atoms with Crippen LogP contribution < -0.4 is 21.1 Å². The van der Waals surface area contributed by atoms with Crippen LogP contribution in [0.4, 0.5) is 11.6 Å². The van der Waals surface area contributed by atoms with Gasteiger partial charge in [-0.3, -0.25) is 4.79 Å². The highest BCUT2D eigenvalue weighted by Crippen LogP contribution is 2.11. The van der Waals surface area contributed by atoms with Gasteiger partial charge in [-0.25, -0.2) is 4.79 Å². The number of esters is 1. The van der Waals surface area contributed by atoms with Gasteiger partial charge in [-0.2, -0.15) is 15.0 Å². The van der Waals surface area contributed by atoms with Crippen molar-refractivity contribution in [3.05, 3.63) is 35.7 Å². The van der Waals surface area contributed by atoms with E-state index in [0.717, 1.165) is 0 Å². The lowest BCUT2D eigenvalue weighted by Crippen LogP contribution is -2.36. The number of amides is 1. The smallest absolute Gasteiger partial charge is 0.337 e. The first-order valence-electron chi connectivity index (χ1n) is 8.32. The van der Waals surface area contributed by atoms with Gasteiger partial charge in [0.25, 0.3) is 0 Å². The SMILES string of the molecule is COC(=O)c1ccc(NC[C@@H](CO)C(=O)NCc2nc(N)nc(OC)n2)cc1. The maximum atomic E-state index is 12.3. The fourth-order valence-electron chi connectivity index (χ4n) is 2.22. The number of nitrogens with two attached hydrogens (primary N) is 1. The van der Waals surface area contributed by atoms with Crippen molar-refractivity contribution in [3.8, 4) is 6.01 Å². The average molecular weight is 390 g/mol. The second-order valence-electron chi connectivity index (χ2n) is 5.64. The lowest BCUT2D eigenvalue weighted by molar-refractivity contribution is -0.125. The molecule has 0 aliphatic rings. The summed E-state index contributed by atoms with van der Waals surface area (Å²) in [7, 11) is 2.70. The van der Waals surface area contributed by atoms with Crippen LogP contribution in [0.15, 0.2) is 24.3 Å². The van der Waals surface area contributed by atoms with Crippen LogP contribution >= 0.6 is 0 Å². The Balaban J connectivity index is 1.89. The van der Waals surface area contributed by atoms with E-state index in [1.165, 1.54) is 14.2 Å². The van der Waals surface area contributed by atoms with Crippen molar-refractivity contribution in [3.63, 3.8) is 0 Å². The lowest BCUT2D eigenvalue weighted by Gasteiger charge is -2.16. The summed E-state index contributed by atoms with van der Waals surface area (Å²) in [5.74, 6) is -1.32. The Morgan fingerprint density at radius 2 is 1.89 bits per heavy atom. The van der Waals surface area contributed by atoms with E-state index in [0.29, 0.717) is 11.3 Å². The molecule has 11 heteroatoms. The Morgan fingerprint density at radius 1 is 1.18 bits per heavy atom. The van der Waals surface area contributed by atoms with Gasteiger partial charge in [0.15, 0.2) is 5.82 Å². The number of nitrogens with one attached hydrogen (secondary N) is 2. The lowest BCUT2D eigenvalue weighted by atomic mass is 10.1. The maximum Gasteiger partial charge on any atom is 0.337 e. The molecule has 0 saturated heterocycles. The highest BCUT2D eigenvalue weighted by Gasteiger charge is 2.18. The minimum atomic E-state index is -0.707. The first kappa shape index (κ1) is 20.8. The largest absolute Gasteiger partial charge is 0.467 e. The van der Waals surface area contributed by atoms with Crippen molar-refractivity contribution in [2.45, 2.75) is 6.54 Å². The number of benzene rings is 1. The van der Waals surface area contributed by atoms with Crippen molar-refractivity contribution in [2.75, 3.05) is 38.4 Å². The van der Waals surface area contributed by atoms with Gasteiger partial charge >= 0.3 is 12.0 Å². The number of ether oxygens (including phenoxy) is 2. The van der Waals surface area contributed by atoms with Gasteiger partial charge in [-0.1, -0.05) is 0 Å². The number of carbonyl (C=O) groups excluding carboxylic acids is 2. The van der Waals surface area contributed by atoms with Crippen LogP contribution in [-0.2, 0) is 16.1 Å². The number of carbonyl (C=O) groups is 2. The van der Waals surface area contributed by atoms with Gasteiger partial charge in [0.05, 0.1) is 38.9 Å². The summed E-state index contributed by atoms with van der Waals surface area (Å²) in [6, 6.07) is 6.60. The van der Waals surface area contributed by atoms with Crippen molar-refractivity contribution in [1.29, 1.82) is 0 Å². The third kappa shape index (κ3) is 5.77. The van der Waals surface area contributed by atoms with E-state index in [-0.39, 0.29) is 43.4 Å². The summed E-state index contributed by atoms with van der Waals surface area (Å²) >= 11 is 0. The molecule has 0 saturated carbocycles. The molecule has 11 nitrogen and oxygen atoms in total. The second kappa shape index (κ2) is 10.0. The molecular weight excluding hydrogens is 368 g/mol. The fraction of sp³-hybridized carbons (Fsp3) is 0.353. The fourth-order valence-corrected chi connectivity index (χ4v) is 2.22. The summed E-state index contributed by atoms with van der Waals surface area (Å²) in [5, 5.41) is 15.2. The third-order valence-electron chi connectivity index (χ3n) is 3.73. The van der Waals surface area contributed by atoms with E-state index in [4.69, 9.17) is 10.5 Å². The Labute approximate surface area is 161 Å². The van der Waals surface area contributed by atoms with Crippen LogP contribution in [0, 0.1) is 5.92 Å². The van der Waals surface area contributed by atoms with Gasteiger partial charge in [-0.15, -0.1) is 0 Å². The molecule has 2 aromatic rings. The van der Waals surface area contributed by atoms with E-state index in [9.17, 15) is 14.7 Å². The van der Waals surface area contributed by atoms with Crippen LogP contribution in [0.2, 0.25) is 0 Å². The predicted molar refractivity (Wildman–Crippen MR) is 99.5 cm³/mol. The molecule has 28 heavy (non-hydrogen) atoms. The summed E-state index contributed by atoms with van der Waals surface area (Å²) in [5.41, 5.74) is 6.65. The molecule has 0 bridgehead atoms. The highest BCUT2D eigenvalue weighted by molar-refractivity contribution is 5.89. The van der Waals surface area contributed by atoms with Gasteiger partial charge in [0.2, 0.25) is 11.9 Å². The molecule has 2 rings (SSSR count). The molecular formula is C17H22N6O5. The van der Waals surface area contributed by atoms with Gasteiger partial charge in [0.1, 0.15) is 0 Å². The summed E-state index contributed by atoms with van der Waals surface area (Å²) in [4.78, 5) is 35.3. The van der Waals surface area contributed by atoms with E-state index >= 15 is 0 Å². The molecule has 1 amide bonds. The number of nitrogen functional groups attached to an aromatic ring is 1. The Morgan fingerprint density at radius 3 is 2.50 bits per heavy atom. The zero-order valence-electron chi connectivity index (χ0n) is 15.5. The zero-order chi connectivity index (χ0) is 20.5. The average Bonchev–Trinajstić information content (AvgIpc) is 2.72. The van der Waals surface area contributed by atoms with Crippen LogP contribution in [0.5, 0.6) is 6.01 Å². The summed E-state index contributed by atoms with van der Waals surface area (Å²) in [6.07, 6.45) is 0. The van der Waals surface area contributed by atoms with Gasteiger partial charge in [-0.05, 0) is 24.3 Å². The van der Waals surface area contributed by atoms with Crippen LogP contribution in [0.1, 0.15) is 16.2 Å². The number of anilines is 2. The van der Waals surface area contributed by atoms with Crippen molar-refractivity contribution in [2.24, 2.45) is 5.92 Å². The number of aliphatic hydroxyl groups is 1. The molecule has 150 valence electrons. The first-order chi connectivity index (χ1) is 13.5. The summed E-state index contributed by atoms with van der Waals surface area (Å²) in [6.45, 7) is -0.170. The maximum absolute atomic E-state index is 12.3. The van der Waals surface area contributed by atoms with Crippen molar-refractivity contribution >= 4 is 23.5 Å². The predicted octanol–water partition coefficient (Wildman–Crippen LogP) is -0.414. The monoisotopic (exact) mass is 390 g/mol. The number of methoxy groups -OCH3 is 2. The molecule has 0 spiro atoms. The number of rotatable bonds is 9. The Bertz CT molecular complexity index is 814. The standard InChI is InChI=1S/C17H22N6O5/c1-27-15(26)10-3-5-12(6-4-10)19-7-11(9-24)14(25)20-8-13-21-16(18)23-17(22-13)28-2/h3-6,11,19,24H,7-9H2,1-2H3,(H,20,25)(H2,18,21,22,23)/t11-/m0/s1. The van der Waals surface area contributed by atoms with Gasteiger partial charge in [0, 0.05) is 12.2 Å². The van der Waals surface area contributed by atoms with E-state index in [1.54, 1.807) is 24.3 Å². The number of hydrogen-bond donors (Lipinski definition) is 4. The Hall–Kier alpha value is -3.47. The van der Waals surface area contributed by atoms with Crippen molar-refractivity contribution < 1.29 is 24.2 Å². The number of nitrogens with zero attached hydrogens (tertiary/aromatic N) is 3. The molecule has 0 aliphatic carbocycles. The first-order valence-corrected chi connectivity index (χ1v) is 8.32. The molecule has 0 unspecified atom stereocenters. The molecule has 0 radical (unpaired) electrons. The molecule has 1 aromatic heterocycles. The number of aliphatic hydroxyl groups excluding tert-OH is 1. The minimum Gasteiger partial charge on any atom is -0.467 e. The van der Waals surface area contributed by atoms with Crippen LogP contribution in [0.3, 0.4) is 0 Å². The van der Waals surface area contributed by atoms with Crippen LogP contribution in [-0.4, -0.2) is 59.3 Å². The number of hydrogen-bond acceptors (Lipinski definition) is 10. The molecule has 1 aromatic carbocycles. The third-order valence-corrected chi connectivity index (χ3v) is 3.73. The molecule has 5 N–H and O–H groups in total. The molecule has 0 aliphatic heterocycles. The van der Waals surface area contributed by atoms with E-state index < -0.39 is 11.9 Å².